The summed E-state index contributed by atoms with van der Waals surface area (Å²) in [6.07, 6.45) is -1.17. The molecular weight excluding hydrogens is 276 g/mol. The van der Waals surface area contributed by atoms with Gasteiger partial charge in [0.05, 0.1) is 0 Å². The molecule has 1 aliphatic rings. The van der Waals surface area contributed by atoms with E-state index in [9.17, 15) is 9.90 Å². The van der Waals surface area contributed by atoms with Crippen LogP contribution >= 0.6 is 11.6 Å². The van der Waals surface area contributed by atoms with Crippen LogP contribution in [-0.2, 0) is 4.79 Å². The van der Waals surface area contributed by atoms with E-state index >= 15 is 0 Å². The Hall–Kier alpha value is -1.10. The minimum atomic E-state index is -1.17. The van der Waals surface area contributed by atoms with Crippen molar-refractivity contribution in [1.29, 1.82) is 0 Å². The summed E-state index contributed by atoms with van der Waals surface area (Å²) in [6, 6.07) is 7.42. The van der Waals surface area contributed by atoms with Crippen LogP contribution in [0.2, 0.25) is 5.02 Å². The van der Waals surface area contributed by atoms with Gasteiger partial charge in [0.2, 0.25) is 0 Å². The fourth-order valence-electron chi connectivity index (χ4n) is 2.46. The Morgan fingerprint density at radius 2 is 1.80 bits per heavy atom. The summed E-state index contributed by atoms with van der Waals surface area (Å²) in [5.41, 5.74) is 0.477. The van der Waals surface area contributed by atoms with Crippen LogP contribution in [0.15, 0.2) is 24.3 Å². The van der Waals surface area contributed by atoms with Crippen molar-refractivity contribution in [3.05, 3.63) is 34.9 Å². The van der Waals surface area contributed by atoms with Gasteiger partial charge in [0.1, 0.15) is 0 Å². The molecule has 0 spiro atoms. The van der Waals surface area contributed by atoms with Crippen LogP contribution in [0.5, 0.6) is 0 Å². The highest BCUT2D eigenvalue weighted by molar-refractivity contribution is 6.31. The third-order valence-corrected chi connectivity index (χ3v) is 4.13. The molecule has 1 N–H and O–H groups in total. The van der Waals surface area contributed by atoms with Gasteiger partial charge in [0.15, 0.2) is 6.10 Å². The zero-order valence-electron chi connectivity index (χ0n) is 11.9. The van der Waals surface area contributed by atoms with E-state index in [0.29, 0.717) is 29.7 Å². The Kier molecular flexibility index (Phi) is 5.02. The first kappa shape index (κ1) is 15.3. The van der Waals surface area contributed by atoms with Gasteiger partial charge >= 0.3 is 0 Å². The predicted octanol–water partition coefficient (Wildman–Crippen LogP) is 1.93. The molecule has 1 atom stereocenters. The molecule has 0 bridgehead atoms. The molecule has 1 amide bonds. The van der Waals surface area contributed by atoms with Gasteiger partial charge in [-0.05, 0) is 19.9 Å². The molecule has 20 heavy (non-hydrogen) atoms. The number of aliphatic hydroxyl groups excluding tert-OH is 1. The standard InChI is InChI=1S/C15H21ClN2O2/c1-11(2)17-7-9-18(10-8-17)15(20)14(19)12-5-3-4-6-13(12)16/h3-6,11,14,19H,7-10H2,1-2H3. The molecule has 1 saturated heterocycles. The largest absolute Gasteiger partial charge is 0.378 e. The number of hydrogen-bond acceptors (Lipinski definition) is 3. The number of carbonyl (C=O) groups is 1. The van der Waals surface area contributed by atoms with Gasteiger partial charge in [-0.15, -0.1) is 0 Å². The van der Waals surface area contributed by atoms with Crippen molar-refractivity contribution in [3.8, 4) is 0 Å². The Morgan fingerprint density at radius 1 is 1.20 bits per heavy atom. The molecular formula is C15H21ClN2O2. The van der Waals surface area contributed by atoms with Crippen molar-refractivity contribution >= 4 is 17.5 Å². The number of nitrogens with zero attached hydrogens (tertiary/aromatic N) is 2. The maximum Gasteiger partial charge on any atom is 0.256 e. The van der Waals surface area contributed by atoms with Crippen LogP contribution in [0, 0.1) is 0 Å². The third kappa shape index (κ3) is 3.32. The average molecular weight is 297 g/mol. The van der Waals surface area contributed by atoms with Crippen molar-refractivity contribution in [2.75, 3.05) is 26.2 Å². The second-order valence-corrected chi connectivity index (χ2v) is 5.79. The Morgan fingerprint density at radius 3 is 2.35 bits per heavy atom. The summed E-state index contributed by atoms with van der Waals surface area (Å²) in [5.74, 6) is -0.262. The molecule has 1 aliphatic heterocycles. The van der Waals surface area contributed by atoms with Crippen molar-refractivity contribution in [3.63, 3.8) is 0 Å². The number of benzene rings is 1. The van der Waals surface area contributed by atoms with E-state index in [4.69, 9.17) is 11.6 Å². The van der Waals surface area contributed by atoms with Crippen molar-refractivity contribution < 1.29 is 9.90 Å². The minimum absolute atomic E-state index is 0.262. The van der Waals surface area contributed by atoms with Crippen molar-refractivity contribution in [2.45, 2.75) is 26.0 Å². The fraction of sp³-hybridized carbons (Fsp3) is 0.533. The van der Waals surface area contributed by atoms with Gasteiger partial charge in [0.25, 0.3) is 5.91 Å². The van der Waals surface area contributed by atoms with Gasteiger partial charge < -0.3 is 10.0 Å². The lowest BCUT2D eigenvalue weighted by Crippen LogP contribution is -2.51. The average Bonchev–Trinajstić information content (AvgIpc) is 2.46. The zero-order valence-corrected chi connectivity index (χ0v) is 12.7. The lowest BCUT2D eigenvalue weighted by molar-refractivity contribution is -0.142. The van der Waals surface area contributed by atoms with Gasteiger partial charge in [-0.3, -0.25) is 9.69 Å². The molecule has 2 rings (SSSR count). The summed E-state index contributed by atoms with van der Waals surface area (Å²) < 4.78 is 0. The predicted molar refractivity (Wildman–Crippen MR) is 79.7 cm³/mol. The maximum atomic E-state index is 12.3. The summed E-state index contributed by atoms with van der Waals surface area (Å²) >= 11 is 6.03. The summed E-state index contributed by atoms with van der Waals surface area (Å²) in [6.45, 7) is 7.29. The first-order chi connectivity index (χ1) is 9.50. The molecule has 1 unspecified atom stereocenters. The molecule has 1 fully saturated rings. The lowest BCUT2D eigenvalue weighted by atomic mass is 10.1. The number of aliphatic hydroxyl groups is 1. The lowest BCUT2D eigenvalue weighted by Gasteiger charge is -2.37. The molecule has 0 radical (unpaired) electrons. The molecule has 0 aromatic heterocycles. The summed E-state index contributed by atoms with van der Waals surface area (Å²) in [5, 5.41) is 10.6. The second-order valence-electron chi connectivity index (χ2n) is 5.38. The second kappa shape index (κ2) is 6.57. The van der Waals surface area contributed by atoms with Crippen LogP contribution in [0.3, 0.4) is 0 Å². The number of hydrogen-bond donors (Lipinski definition) is 1. The van der Waals surface area contributed by atoms with Crippen LogP contribution in [0.1, 0.15) is 25.5 Å². The van der Waals surface area contributed by atoms with Gasteiger partial charge in [-0.25, -0.2) is 0 Å². The highest BCUT2D eigenvalue weighted by Crippen LogP contribution is 2.24. The van der Waals surface area contributed by atoms with Gasteiger partial charge in [-0.1, -0.05) is 29.8 Å². The zero-order chi connectivity index (χ0) is 14.7. The van der Waals surface area contributed by atoms with E-state index in [1.165, 1.54) is 0 Å². The Bertz CT molecular complexity index is 471. The van der Waals surface area contributed by atoms with Crippen molar-refractivity contribution in [1.82, 2.24) is 9.80 Å². The van der Waals surface area contributed by atoms with E-state index in [0.717, 1.165) is 13.1 Å². The Labute approximate surface area is 124 Å². The highest BCUT2D eigenvalue weighted by Gasteiger charge is 2.28. The number of piperazine rings is 1. The number of amides is 1. The molecule has 4 nitrogen and oxygen atoms in total. The van der Waals surface area contributed by atoms with E-state index in [-0.39, 0.29) is 5.91 Å². The normalized spacial score (nSPS) is 18.4. The van der Waals surface area contributed by atoms with E-state index < -0.39 is 6.10 Å². The summed E-state index contributed by atoms with van der Waals surface area (Å²) in [7, 11) is 0. The highest BCUT2D eigenvalue weighted by atomic mass is 35.5. The molecule has 5 heteroatoms. The van der Waals surface area contributed by atoms with Crippen LogP contribution in [0.25, 0.3) is 0 Å². The number of carbonyl (C=O) groups excluding carboxylic acids is 1. The first-order valence-corrected chi connectivity index (χ1v) is 7.34. The molecule has 0 aliphatic carbocycles. The van der Waals surface area contributed by atoms with Gasteiger partial charge in [0, 0.05) is 42.8 Å². The molecule has 1 aromatic rings. The fourth-order valence-corrected chi connectivity index (χ4v) is 2.70. The van der Waals surface area contributed by atoms with Crippen LogP contribution in [-0.4, -0.2) is 53.0 Å². The SMILES string of the molecule is CC(C)N1CCN(C(=O)C(O)c2ccccc2Cl)CC1. The van der Waals surface area contributed by atoms with Crippen LogP contribution < -0.4 is 0 Å². The summed E-state index contributed by atoms with van der Waals surface area (Å²) in [4.78, 5) is 16.4. The quantitative estimate of drug-likeness (QED) is 0.927. The van der Waals surface area contributed by atoms with Gasteiger partial charge in [-0.2, -0.15) is 0 Å². The maximum absolute atomic E-state index is 12.3. The first-order valence-electron chi connectivity index (χ1n) is 6.96. The monoisotopic (exact) mass is 296 g/mol. The number of halogens is 1. The minimum Gasteiger partial charge on any atom is -0.378 e. The molecule has 110 valence electrons. The smallest absolute Gasteiger partial charge is 0.256 e. The van der Waals surface area contributed by atoms with E-state index in [2.05, 4.69) is 18.7 Å². The molecule has 1 aromatic carbocycles. The molecule has 1 heterocycles. The van der Waals surface area contributed by atoms with E-state index in [1.807, 2.05) is 0 Å². The topological polar surface area (TPSA) is 43.8 Å². The number of rotatable bonds is 3. The van der Waals surface area contributed by atoms with Crippen LogP contribution in [0.4, 0.5) is 0 Å². The Balaban J connectivity index is 2.00. The van der Waals surface area contributed by atoms with E-state index in [1.54, 1.807) is 29.2 Å². The third-order valence-electron chi connectivity index (χ3n) is 3.79. The van der Waals surface area contributed by atoms with Crippen molar-refractivity contribution in [2.24, 2.45) is 0 Å². The molecule has 0 saturated carbocycles.